The molecule has 0 unspecified atom stereocenters. The van der Waals surface area contributed by atoms with E-state index in [9.17, 15) is 8.42 Å². The van der Waals surface area contributed by atoms with Crippen LogP contribution in [0.3, 0.4) is 0 Å². The number of aromatic nitrogens is 2. The maximum atomic E-state index is 13.9. The predicted octanol–water partition coefficient (Wildman–Crippen LogP) is 4.43. The van der Waals surface area contributed by atoms with Gasteiger partial charge >= 0.3 is 0 Å². The summed E-state index contributed by atoms with van der Waals surface area (Å²) < 4.78 is 49.8. The van der Waals surface area contributed by atoms with Crippen molar-refractivity contribution in [2.24, 2.45) is 0 Å². The molecule has 0 fully saturated rings. The molecule has 0 radical (unpaired) electrons. The van der Waals surface area contributed by atoms with Gasteiger partial charge in [-0.1, -0.05) is 52.8 Å². The Bertz CT molecular complexity index is 1330. The van der Waals surface area contributed by atoms with Crippen LogP contribution in [-0.4, -0.2) is 45.8 Å². The third-order valence-corrected chi connectivity index (χ3v) is 7.15. The Morgan fingerprint density at radius 3 is 2.32 bits per heavy atom. The average Bonchev–Trinajstić information content (AvgIpc) is 3.50. The summed E-state index contributed by atoms with van der Waals surface area (Å²) in [6, 6.07) is 16.0. The van der Waals surface area contributed by atoms with Gasteiger partial charge in [0.2, 0.25) is 5.88 Å². The van der Waals surface area contributed by atoms with Crippen molar-refractivity contribution in [3.05, 3.63) is 72.1 Å². The van der Waals surface area contributed by atoms with Crippen LogP contribution in [0.1, 0.15) is 11.3 Å². The van der Waals surface area contributed by atoms with Crippen molar-refractivity contribution < 1.29 is 26.9 Å². The summed E-state index contributed by atoms with van der Waals surface area (Å²) in [6.45, 7) is 3.81. The summed E-state index contributed by atoms with van der Waals surface area (Å²) in [5.74, 6) is 0.117. The van der Waals surface area contributed by atoms with E-state index in [1.807, 2.05) is 24.3 Å². The van der Waals surface area contributed by atoms with E-state index in [0.29, 0.717) is 29.1 Å². The summed E-state index contributed by atoms with van der Waals surface area (Å²) >= 11 is 0. The largest absolute Gasteiger partial charge is 0.382 e. The standard InChI is InChI=1S/C24H25N3O6S/c1-17-18(2)25-33-24(17)27(16-31-15-14-30-3)34(28,29)23-7-5-4-6-21(23)19-8-10-20(11-9-19)22-12-13-32-26-22/h4-13H,14-16H2,1-3H3. The van der Waals surface area contributed by atoms with E-state index < -0.39 is 10.0 Å². The van der Waals surface area contributed by atoms with Crippen molar-refractivity contribution in [2.45, 2.75) is 18.7 Å². The fraction of sp³-hybridized carbons (Fsp3) is 0.250. The van der Waals surface area contributed by atoms with Gasteiger partial charge in [-0.15, -0.1) is 0 Å². The summed E-state index contributed by atoms with van der Waals surface area (Å²) in [5, 5.41) is 7.87. The average molecular weight is 484 g/mol. The lowest BCUT2D eigenvalue weighted by atomic mass is 10.0. The van der Waals surface area contributed by atoms with E-state index in [4.69, 9.17) is 18.5 Å². The number of ether oxygens (including phenoxy) is 2. The Hall–Kier alpha value is -3.47. The zero-order valence-corrected chi connectivity index (χ0v) is 19.9. The van der Waals surface area contributed by atoms with Crippen LogP contribution in [-0.2, 0) is 19.5 Å². The van der Waals surface area contributed by atoms with Crippen molar-refractivity contribution in [3.8, 4) is 22.4 Å². The van der Waals surface area contributed by atoms with Crippen LogP contribution in [0.15, 0.2) is 74.8 Å². The van der Waals surface area contributed by atoms with E-state index in [2.05, 4.69) is 10.3 Å². The summed E-state index contributed by atoms with van der Waals surface area (Å²) in [6.07, 6.45) is 1.50. The normalized spacial score (nSPS) is 11.6. The van der Waals surface area contributed by atoms with E-state index in [-0.39, 0.29) is 24.1 Å². The molecule has 2 aromatic carbocycles. The molecule has 0 saturated heterocycles. The SMILES string of the molecule is COCCOCN(c1onc(C)c1C)S(=O)(=O)c1ccccc1-c1ccc(-c2ccon2)cc1. The van der Waals surface area contributed by atoms with Gasteiger partial charge in [-0.05, 0) is 25.5 Å². The lowest BCUT2D eigenvalue weighted by molar-refractivity contribution is 0.0744. The molecular weight excluding hydrogens is 458 g/mol. The molecule has 9 nitrogen and oxygen atoms in total. The minimum absolute atomic E-state index is 0.117. The Labute approximate surface area is 197 Å². The molecule has 0 saturated carbocycles. The molecule has 0 aliphatic heterocycles. The first-order chi connectivity index (χ1) is 16.4. The Kier molecular flexibility index (Phi) is 7.11. The van der Waals surface area contributed by atoms with Crippen molar-refractivity contribution in [3.63, 3.8) is 0 Å². The van der Waals surface area contributed by atoms with Crippen molar-refractivity contribution >= 4 is 15.9 Å². The van der Waals surface area contributed by atoms with Crippen LogP contribution < -0.4 is 4.31 Å². The highest BCUT2D eigenvalue weighted by molar-refractivity contribution is 7.93. The molecule has 0 spiro atoms. The van der Waals surface area contributed by atoms with E-state index in [1.54, 1.807) is 51.3 Å². The molecule has 4 aromatic rings. The lowest BCUT2D eigenvalue weighted by Gasteiger charge is -2.23. The number of aryl methyl sites for hydroxylation is 1. The molecule has 178 valence electrons. The van der Waals surface area contributed by atoms with Crippen LogP contribution in [0.25, 0.3) is 22.4 Å². The van der Waals surface area contributed by atoms with Crippen LogP contribution in [0, 0.1) is 13.8 Å². The first-order valence-corrected chi connectivity index (χ1v) is 12.0. The number of anilines is 1. The second kappa shape index (κ2) is 10.2. The smallest absolute Gasteiger partial charge is 0.269 e. The Morgan fingerprint density at radius 2 is 1.68 bits per heavy atom. The summed E-state index contributed by atoms with van der Waals surface area (Å²) in [4.78, 5) is 0.119. The number of methoxy groups -OCH3 is 1. The predicted molar refractivity (Wildman–Crippen MR) is 126 cm³/mol. The van der Waals surface area contributed by atoms with Gasteiger partial charge in [-0.3, -0.25) is 0 Å². The summed E-state index contributed by atoms with van der Waals surface area (Å²) in [5.41, 5.74) is 4.06. The molecule has 0 N–H and O–H groups in total. The zero-order valence-electron chi connectivity index (χ0n) is 19.1. The van der Waals surface area contributed by atoms with Gasteiger partial charge in [0.15, 0.2) is 0 Å². The van der Waals surface area contributed by atoms with E-state index in [1.165, 1.54) is 6.26 Å². The second-order valence-electron chi connectivity index (χ2n) is 7.54. The van der Waals surface area contributed by atoms with Crippen LogP contribution in [0.2, 0.25) is 0 Å². The van der Waals surface area contributed by atoms with Crippen LogP contribution in [0.5, 0.6) is 0 Å². The molecular formula is C24H25N3O6S. The first-order valence-electron chi connectivity index (χ1n) is 10.6. The fourth-order valence-electron chi connectivity index (χ4n) is 3.39. The molecule has 2 heterocycles. The fourth-order valence-corrected chi connectivity index (χ4v) is 4.95. The molecule has 34 heavy (non-hydrogen) atoms. The van der Waals surface area contributed by atoms with Crippen LogP contribution >= 0.6 is 0 Å². The van der Waals surface area contributed by atoms with Gasteiger partial charge in [0.1, 0.15) is 18.7 Å². The monoisotopic (exact) mass is 483 g/mol. The molecule has 10 heteroatoms. The molecule has 0 bridgehead atoms. The highest BCUT2D eigenvalue weighted by Gasteiger charge is 2.32. The number of nitrogens with zero attached hydrogens (tertiary/aromatic N) is 3. The number of hydrogen-bond acceptors (Lipinski definition) is 8. The molecule has 0 amide bonds. The van der Waals surface area contributed by atoms with E-state index >= 15 is 0 Å². The topological polar surface area (TPSA) is 108 Å². The van der Waals surface area contributed by atoms with Gasteiger partial charge in [0.05, 0.1) is 23.8 Å². The second-order valence-corrected chi connectivity index (χ2v) is 9.37. The maximum Gasteiger partial charge on any atom is 0.269 e. The third-order valence-electron chi connectivity index (χ3n) is 5.38. The highest BCUT2D eigenvalue weighted by atomic mass is 32.2. The lowest BCUT2D eigenvalue weighted by Crippen LogP contribution is -2.34. The number of hydrogen-bond donors (Lipinski definition) is 0. The molecule has 4 rings (SSSR count). The van der Waals surface area contributed by atoms with Gasteiger partial charge < -0.3 is 18.5 Å². The third kappa shape index (κ3) is 4.74. The number of benzene rings is 2. The van der Waals surface area contributed by atoms with Crippen molar-refractivity contribution in [1.82, 2.24) is 10.3 Å². The van der Waals surface area contributed by atoms with Crippen LogP contribution in [0.4, 0.5) is 5.88 Å². The zero-order chi connectivity index (χ0) is 24.1. The Balaban J connectivity index is 1.73. The number of sulfonamides is 1. The van der Waals surface area contributed by atoms with Gasteiger partial charge in [0, 0.05) is 29.9 Å². The minimum Gasteiger partial charge on any atom is -0.382 e. The number of rotatable bonds is 10. The minimum atomic E-state index is -4.08. The van der Waals surface area contributed by atoms with Crippen molar-refractivity contribution in [1.29, 1.82) is 0 Å². The van der Waals surface area contributed by atoms with E-state index in [0.717, 1.165) is 15.4 Å². The molecule has 2 aromatic heterocycles. The Morgan fingerprint density at radius 1 is 0.941 bits per heavy atom. The summed E-state index contributed by atoms with van der Waals surface area (Å²) in [7, 11) is -2.53. The molecule has 0 atom stereocenters. The van der Waals surface area contributed by atoms with Crippen molar-refractivity contribution in [2.75, 3.05) is 31.4 Å². The van der Waals surface area contributed by atoms with Gasteiger partial charge in [-0.25, -0.2) is 12.7 Å². The molecule has 0 aliphatic rings. The first kappa shape index (κ1) is 23.7. The maximum absolute atomic E-state index is 13.9. The molecule has 0 aliphatic carbocycles. The quantitative estimate of drug-likeness (QED) is 0.241. The van der Waals surface area contributed by atoms with Gasteiger partial charge in [-0.2, -0.15) is 0 Å². The highest BCUT2D eigenvalue weighted by Crippen LogP contribution is 2.34. The van der Waals surface area contributed by atoms with Gasteiger partial charge in [0.25, 0.3) is 10.0 Å².